The van der Waals surface area contributed by atoms with Crippen LogP contribution >= 0.6 is 11.6 Å². The van der Waals surface area contributed by atoms with Crippen molar-refractivity contribution < 1.29 is 4.42 Å². The minimum absolute atomic E-state index is 0.630. The normalized spacial score (nSPS) is 11.1. The Labute approximate surface area is 103 Å². The molecule has 3 rings (SSSR count). The van der Waals surface area contributed by atoms with Crippen molar-refractivity contribution in [1.82, 2.24) is 9.97 Å². The van der Waals surface area contributed by atoms with Crippen LogP contribution in [-0.4, -0.2) is 15.8 Å². The van der Waals surface area contributed by atoms with Crippen LogP contribution in [0.4, 0.5) is 0 Å². The van der Waals surface area contributed by atoms with E-state index in [1.165, 1.54) is 5.56 Å². The first-order valence-corrected chi connectivity index (χ1v) is 5.99. The Morgan fingerprint density at radius 3 is 3.00 bits per heavy atom. The van der Waals surface area contributed by atoms with Crippen LogP contribution in [0.2, 0.25) is 0 Å². The van der Waals surface area contributed by atoms with Crippen molar-refractivity contribution >= 4 is 22.6 Å². The largest absolute Gasteiger partial charge is 0.461 e. The third kappa shape index (κ3) is 1.94. The molecule has 1 aromatic carbocycles. The number of aromatic nitrogens is 2. The van der Waals surface area contributed by atoms with E-state index < -0.39 is 0 Å². The molecule has 0 unspecified atom stereocenters. The molecule has 0 amide bonds. The minimum atomic E-state index is 0.630. The van der Waals surface area contributed by atoms with Gasteiger partial charge in [0.05, 0.1) is 17.3 Å². The van der Waals surface area contributed by atoms with Gasteiger partial charge < -0.3 is 9.40 Å². The number of rotatable bonds is 3. The van der Waals surface area contributed by atoms with E-state index in [4.69, 9.17) is 16.0 Å². The van der Waals surface area contributed by atoms with Gasteiger partial charge in [0.15, 0.2) is 11.6 Å². The van der Waals surface area contributed by atoms with E-state index in [9.17, 15) is 0 Å². The van der Waals surface area contributed by atoms with Gasteiger partial charge in [-0.1, -0.05) is 6.07 Å². The van der Waals surface area contributed by atoms with Crippen molar-refractivity contribution in [3.63, 3.8) is 0 Å². The molecule has 0 spiro atoms. The zero-order valence-electron chi connectivity index (χ0n) is 9.11. The van der Waals surface area contributed by atoms with Gasteiger partial charge in [-0.05, 0) is 36.2 Å². The van der Waals surface area contributed by atoms with Crippen molar-refractivity contribution in [1.29, 1.82) is 0 Å². The minimum Gasteiger partial charge on any atom is -0.461 e. The predicted molar refractivity (Wildman–Crippen MR) is 68.2 cm³/mol. The summed E-state index contributed by atoms with van der Waals surface area (Å²) in [6.45, 7) is 0. The van der Waals surface area contributed by atoms with Gasteiger partial charge >= 0.3 is 0 Å². The summed E-state index contributed by atoms with van der Waals surface area (Å²) in [7, 11) is 0. The Morgan fingerprint density at radius 1 is 1.29 bits per heavy atom. The van der Waals surface area contributed by atoms with Gasteiger partial charge in [-0.15, -0.1) is 11.6 Å². The van der Waals surface area contributed by atoms with Gasteiger partial charge in [0, 0.05) is 5.88 Å². The standard InChI is InChI=1S/C13H11ClN2O/c14-6-5-9-3-4-10-11(8-9)16-13(15-10)12-2-1-7-17-12/h1-4,7-8H,5-6H2,(H,15,16). The lowest BCUT2D eigenvalue weighted by Crippen LogP contribution is -1.84. The van der Waals surface area contributed by atoms with Crippen molar-refractivity contribution in [3.8, 4) is 11.6 Å². The number of fused-ring (bicyclic) bond motifs is 1. The molecular weight excluding hydrogens is 236 g/mol. The number of nitrogens with zero attached hydrogens (tertiary/aromatic N) is 1. The number of hydrogen-bond donors (Lipinski definition) is 1. The molecule has 86 valence electrons. The van der Waals surface area contributed by atoms with Gasteiger partial charge in [0.1, 0.15) is 0 Å². The Balaban J connectivity index is 2.07. The highest BCUT2D eigenvalue weighted by Gasteiger charge is 2.07. The lowest BCUT2D eigenvalue weighted by molar-refractivity contribution is 0.578. The first-order valence-electron chi connectivity index (χ1n) is 5.45. The molecule has 2 aromatic heterocycles. The van der Waals surface area contributed by atoms with Crippen LogP contribution in [0.25, 0.3) is 22.6 Å². The SMILES string of the molecule is ClCCc1ccc2nc(-c3ccco3)[nH]c2c1. The maximum absolute atomic E-state index is 5.73. The fourth-order valence-electron chi connectivity index (χ4n) is 1.85. The molecule has 0 aliphatic carbocycles. The van der Waals surface area contributed by atoms with Gasteiger partial charge in [0.2, 0.25) is 0 Å². The third-order valence-corrected chi connectivity index (χ3v) is 2.87. The van der Waals surface area contributed by atoms with Gasteiger partial charge in [-0.25, -0.2) is 4.98 Å². The maximum atomic E-state index is 5.73. The third-order valence-electron chi connectivity index (χ3n) is 2.68. The number of furan rings is 1. The first-order chi connectivity index (χ1) is 8.36. The second kappa shape index (κ2) is 4.26. The molecule has 0 saturated carbocycles. The molecule has 1 N–H and O–H groups in total. The van der Waals surface area contributed by atoms with E-state index in [1.807, 2.05) is 18.2 Å². The number of aromatic amines is 1. The quantitative estimate of drug-likeness (QED) is 0.718. The molecule has 0 fully saturated rings. The molecule has 17 heavy (non-hydrogen) atoms. The summed E-state index contributed by atoms with van der Waals surface area (Å²) in [5.41, 5.74) is 3.16. The summed E-state index contributed by atoms with van der Waals surface area (Å²) < 4.78 is 5.31. The van der Waals surface area contributed by atoms with E-state index in [1.54, 1.807) is 6.26 Å². The van der Waals surface area contributed by atoms with Crippen molar-refractivity contribution in [2.45, 2.75) is 6.42 Å². The van der Waals surface area contributed by atoms with Crippen molar-refractivity contribution in [3.05, 3.63) is 42.2 Å². The van der Waals surface area contributed by atoms with Crippen molar-refractivity contribution in [2.75, 3.05) is 5.88 Å². The van der Waals surface area contributed by atoms with Gasteiger partial charge in [-0.3, -0.25) is 0 Å². The number of aryl methyl sites for hydroxylation is 1. The highest BCUT2D eigenvalue weighted by Crippen LogP contribution is 2.21. The van der Waals surface area contributed by atoms with E-state index in [0.29, 0.717) is 5.88 Å². The fourth-order valence-corrected chi connectivity index (χ4v) is 2.07. The highest BCUT2D eigenvalue weighted by molar-refractivity contribution is 6.18. The van der Waals surface area contributed by atoms with Crippen LogP contribution in [0.5, 0.6) is 0 Å². The maximum Gasteiger partial charge on any atom is 0.174 e. The lowest BCUT2D eigenvalue weighted by Gasteiger charge is -1.96. The van der Waals surface area contributed by atoms with Crippen LogP contribution in [0.15, 0.2) is 41.0 Å². The predicted octanol–water partition coefficient (Wildman–Crippen LogP) is 3.60. The average Bonchev–Trinajstić information content (AvgIpc) is 2.97. The number of nitrogens with one attached hydrogen (secondary N) is 1. The zero-order valence-corrected chi connectivity index (χ0v) is 9.87. The summed E-state index contributed by atoms with van der Waals surface area (Å²) in [6, 6.07) is 9.87. The second-order valence-electron chi connectivity index (χ2n) is 3.85. The molecule has 0 saturated heterocycles. The van der Waals surface area contributed by atoms with Crippen LogP contribution in [0.3, 0.4) is 0 Å². The Kier molecular flexibility index (Phi) is 2.61. The van der Waals surface area contributed by atoms with Gasteiger partial charge in [-0.2, -0.15) is 0 Å². The molecule has 0 atom stereocenters. The molecule has 4 heteroatoms. The molecule has 0 aliphatic rings. The Hall–Kier alpha value is -1.74. The lowest BCUT2D eigenvalue weighted by atomic mass is 10.1. The summed E-state index contributed by atoms with van der Waals surface area (Å²) in [4.78, 5) is 7.72. The molecule has 0 radical (unpaired) electrons. The zero-order chi connectivity index (χ0) is 11.7. The molecule has 0 bridgehead atoms. The second-order valence-corrected chi connectivity index (χ2v) is 4.23. The van der Waals surface area contributed by atoms with Crippen LogP contribution in [-0.2, 0) is 6.42 Å². The van der Waals surface area contributed by atoms with Crippen LogP contribution < -0.4 is 0 Å². The van der Waals surface area contributed by atoms with Crippen LogP contribution in [0, 0.1) is 0 Å². The topological polar surface area (TPSA) is 41.8 Å². The highest BCUT2D eigenvalue weighted by atomic mass is 35.5. The van der Waals surface area contributed by atoms with E-state index in [2.05, 4.69) is 22.1 Å². The summed E-state index contributed by atoms with van der Waals surface area (Å²) >= 11 is 5.73. The molecule has 0 aliphatic heterocycles. The van der Waals surface area contributed by atoms with Gasteiger partial charge in [0.25, 0.3) is 0 Å². The number of benzene rings is 1. The van der Waals surface area contributed by atoms with E-state index in [0.717, 1.165) is 29.0 Å². The molecule has 3 aromatic rings. The number of H-pyrrole nitrogens is 1. The molecule has 3 nitrogen and oxygen atoms in total. The monoisotopic (exact) mass is 246 g/mol. The average molecular weight is 247 g/mol. The number of hydrogen-bond acceptors (Lipinski definition) is 2. The summed E-state index contributed by atoms with van der Waals surface area (Å²) in [5.74, 6) is 2.14. The van der Waals surface area contributed by atoms with E-state index in [-0.39, 0.29) is 0 Å². The van der Waals surface area contributed by atoms with Crippen molar-refractivity contribution in [2.24, 2.45) is 0 Å². The summed E-state index contributed by atoms with van der Waals surface area (Å²) in [5, 5.41) is 0. The Bertz CT molecular complexity index is 628. The number of alkyl halides is 1. The summed E-state index contributed by atoms with van der Waals surface area (Å²) in [6.07, 6.45) is 2.51. The number of imidazole rings is 1. The molecule has 2 heterocycles. The smallest absolute Gasteiger partial charge is 0.174 e. The van der Waals surface area contributed by atoms with E-state index >= 15 is 0 Å². The fraction of sp³-hybridized carbons (Fsp3) is 0.154. The number of halogens is 1. The van der Waals surface area contributed by atoms with Crippen LogP contribution in [0.1, 0.15) is 5.56 Å². The molecular formula is C13H11ClN2O. The first kappa shape index (κ1) is 10.4. The Morgan fingerprint density at radius 2 is 2.24 bits per heavy atom.